The summed E-state index contributed by atoms with van der Waals surface area (Å²) in [5.41, 5.74) is 4.87. The first kappa shape index (κ1) is 27.2. The molecule has 200 valence electrons. The number of para-hydroxylation sites is 1. The number of amides is 1. The molecule has 3 aromatic rings. The van der Waals surface area contributed by atoms with Gasteiger partial charge in [-0.05, 0) is 72.9 Å². The first-order chi connectivity index (χ1) is 18.4. The summed E-state index contributed by atoms with van der Waals surface area (Å²) in [4.78, 5) is 20.1. The van der Waals surface area contributed by atoms with Crippen LogP contribution < -0.4 is 20.7 Å². The Morgan fingerprint density at radius 3 is 2.50 bits per heavy atom. The molecule has 38 heavy (non-hydrogen) atoms. The van der Waals surface area contributed by atoms with Crippen molar-refractivity contribution in [3.05, 3.63) is 89.5 Å². The van der Waals surface area contributed by atoms with Crippen LogP contribution in [0.3, 0.4) is 0 Å². The van der Waals surface area contributed by atoms with Crippen LogP contribution in [-0.4, -0.2) is 56.1 Å². The summed E-state index contributed by atoms with van der Waals surface area (Å²) in [6.45, 7) is 9.78. The molecule has 7 heteroatoms. The molecule has 3 N–H and O–H groups in total. The van der Waals surface area contributed by atoms with Crippen molar-refractivity contribution in [1.82, 2.24) is 15.5 Å². The van der Waals surface area contributed by atoms with Crippen molar-refractivity contribution in [3.8, 4) is 5.75 Å². The van der Waals surface area contributed by atoms with E-state index in [4.69, 9.17) is 9.73 Å². The van der Waals surface area contributed by atoms with E-state index < -0.39 is 0 Å². The number of aliphatic imine (C=N–C) groups is 1. The highest BCUT2D eigenvalue weighted by Gasteiger charge is 2.20. The molecule has 0 aliphatic carbocycles. The van der Waals surface area contributed by atoms with E-state index in [2.05, 4.69) is 59.8 Å². The second kappa shape index (κ2) is 13.1. The number of nitrogens with one attached hydrogen (secondary N) is 3. The number of carbonyl (C=O) groups is 1. The lowest BCUT2D eigenvalue weighted by atomic mass is 10.0. The van der Waals surface area contributed by atoms with E-state index >= 15 is 0 Å². The molecule has 4 rings (SSSR count). The lowest BCUT2D eigenvalue weighted by Gasteiger charge is -2.34. The molecule has 1 heterocycles. The Hall–Kier alpha value is -3.84. The topological polar surface area (TPSA) is 78.0 Å². The zero-order chi connectivity index (χ0) is 26.9. The van der Waals surface area contributed by atoms with Crippen LogP contribution in [0.4, 0.5) is 11.4 Å². The van der Waals surface area contributed by atoms with Gasteiger partial charge in [-0.25, -0.2) is 4.99 Å². The molecule has 1 amide bonds. The van der Waals surface area contributed by atoms with Gasteiger partial charge in [-0.3, -0.25) is 4.79 Å². The molecule has 1 aliphatic rings. The number of methoxy groups -OCH3 is 1. The summed E-state index contributed by atoms with van der Waals surface area (Å²) in [6, 6.07) is 24.2. The zero-order valence-electron chi connectivity index (χ0n) is 22.8. The van der Waals surface area contributed by atoms with Crippen molar-refractivity contribution in [2.75, 3.05) is 38.6 Å². The van der Waals surface area contributed by atoms with E-state index in [1.54, 1.807) is 7.11 Å². The number of anilines is 1. The summed E-state index contributed by atoms with van der Waals surface area (Å²) >= 11 is 0. The third-order valence-corrected chi connectivity index (χ3v) is 6.71. The minimum absolute atomic E-state index is 0.0826. The second-order valence-corrected chi connectivity index (χ2v) is 10.0. The van der Waals surface area contributed by atoms with Crippen molar-refractivity contribution in [1.29, 1.82) is 0 Å². The van der Waals surface area contributed by atoms with Crippen molar-refractivity contribution >= 4 is 23.2 Å². The largest absolute Gasteiger partial charge is 0.497 e. The van der Waals surface area contributed by atoms with Crippen molar-refractivity contribution in [2.45, 2.75) is 39.2 Å². The maximum Gasteiger partial charge on any atom is 0.251 e. The Morgan fingerprint density at radius 2 is 1.82 bits per heavy atom. The highest BCUT2D eigenvalue weighted by Crippen LogP contribution is 2.27. The summed E-state index contributed by atoms with van der Waals surface area (Å²) in [5.74, 6) is 1.94. The minimum atomic E-state index is -0.0826. The van der Waals surface area contributed by atoms with Crippen LogP contribution >= 0.6 is 0 Å². The highest BCUT2D eigenvalue weighted by atomic mass is 16.5. The van der Waals surface area contributed by atoms with Gasteiger partial charge >= 0.3 is 0 Å². The third kappa shape index (κ3) is 7.35. The predicted molar refractivity (Wildman–Crippen MR) is 156 cm³/mol. The molecule has 0 bridgehead atoms. The fraction of sp³-hybridized carbons (Fsp3) is 0.355. The number of piperazine rings is 1. The first-order valence-corrected chi connectivity index (χ1v) is 13.4. The average molecular weight is 514 g/mol. The molecule has 0 saturated carbocycles. The summed E-state index contributed by atoms with van der Waals surface area (Å²) in [5, 5.41) is 10.0. The standard InChI is InChI=1S/C31H39N5O2/c1-22(2)28-7-5-6-8-29(28)35-31(36-20-19-32-23(3)21-36)34-26-13-11-25(12-14-26)30(37)33-18-17-24-9-15-27(38-4)16-10-24/h5-16,22-23,32H,17-21H2,1-4H3,(H,33,37)(H,34,35)/t23-/m0/s1. The maximum atomic E-state index is 12.7. The number of ether oxygens (including phenoxy) is 1. The van der Waals surface area contributed by atoms with Crippen molar-refractivity contribution < 1.29 is 9.53 Å². The highest BCUT2D eigenvalue weighted by molar-refractivity contribution is 5.97. The summed E-state index contributed by atoms with van der Waals surface area (Å²) < 4.78 is 5.20. The van der Waals surface area contributed by atoms with Crippen LogP contribution in [0.1, 0.15) is 48.2 Å². The van der Waals surface area contributed by atoms with Crippen LogP contribution in [0, 0.1) is 0 Å². The van der Waals surface area contributed by atoms with Crippen LogP contribution in [0.2, 0.25) is 0 Å². The zero-order valence-corrected chi connectivity index (χ0v) is 22.8. The van der Waals surface area contributed by atoms with Crippen LogP contribution in [-0.2, 0) is 6.42 Å². The van der Waals surface area contributed by atoms with Gasteiger partial charge in [-0.2, -0.15) is 0 Å². The molecule has 3 aromatic carbocycles. The Bertz CT molecular complexity index is 1220. The Labute approximate surface area is 226 Å². The van der Waals surface area contributed by atoms with Gasteiger partial charge in [0.2, 0.25) is 5.96 Å². The first-order valence-electron chi connectivity index (χ1n) is 13.4. The Kier molecular flexibility index (Phi) is 9.38. The van der Waals surface area contributed by atoms with Gasteiger partial charge in [0.05, 0.1) is 12.8 Å². The van der Waals surface area contributed by atoms with E-state index in [9.17, 15) is 4.79 Å². The van der Waals surface area contributed by atoms with Gasteiger partial charge in [0.15, 0.2) is 0 Å². The molecule has 0 unspecified atom stereocenters. The molecule has 0 aromatic heterocycles. The molecule has 1 fully saturated rings. The second-order valence-electron chi connectivity index (χ2n) is 10.0. The Morgan fingerprint density at radius 1 is 1.08 bits per heavy atom. The monoisotopic (exact) mass is 513 g/mol. The van der Waals surface area contributed by atoms with Crippen molar-refractivity contribution in [2.24, 2.45) is 4.99 Å². The molecule has 0 spiro atoms. The van der Waals surface area contributed by atoms with Crippen molar-refractivity contribution in [3.63, 3.8) is 0 Å². The number of hydrogen-bond acceptors (Lipinski definition) is 4. The SMILES string of the molecule is COc1ccc(CCNC(=O)c2ccc(NC(=Nc3ccccc3C(C)C)N3CCN[C@@H](C)C3)cc2)cc1. The molecule has 7 nitrogen and oxygen atoms in total. The van der Waals surface area contributed by atoms with E-state index in [1.807, 2.05) is 54.6 Å². The van der Waals surface area contributed by atoms with Gasteiger partial charge in [-0.1, -0.05) is 44.2 Å². The van der Waals surface area contributed by atoms with Gasteiger partial charge in [0, 0.05) is 43.5 Å². The quantitative estimate of drug-likeness (QED) is 0.286. The van der Waals surface area contributed by atoms with Crippen LogP contribution in [0.5, 0.6) is 5.75 Å². The average Bonchev–Trinajstić information content (AvgIpc) is 2.93. The van der Waals surface area contributed by atoms with E-state index in [0.29, 0.717) is 24.1 Å². The number of rotatable bonds is 8. The number of guanidine groups is 1. The summed E-state index contributed by atoms with van der Waals surface area (Å²) in [7, 11) is 1.65. The molecule has 0 radical (unpaired) electrons. The summed E-state index contributed by atoms with van der Waals surface area (Å²) in [6.07, 6.45) is 0.760. The fourth-order valence-electron chi connectivity index (χ4n) is 4.54. The van der Waals surface area contributed by atoms with Gasteiger partial charge < -0.3 is 25.6 Å². The molecular weight excluding hydrogens is 474 g/mol. The predicted octanol–water partition coefficient (Wildman–Crippen LogP) is 5.18. The van der Waals surface area contributed by atoms with Gasteiger partial charge in [0.1, 0.15) is 5.75 Å². The fourth-order valence-corrected chi connectivity index (χ4v) is 4.54. The molecule has 1 atom stereocenters. The molecule has 1 aliphatic heterocycles. The van der Waals surface area contributed by atoms with Crippen LogP contribution in [0.25, 0.3) is 0 Å². The normalized spacial score (nSPS) is 15.9. The van der Waals surface area contributed by atoms with E-state index in [-0.39, 0.29) is 5.91 Å². The minimum Gasteiger partial charge on any atom is -0.497 e. The molecule has 1 saturated heterocycles. The lowest BCUT2D eigenvalue weighted by Crippen LogP contribution is -2.53. The number of nitrogens with zero attached hydrogens (tertiary/aromatic N) is 2. The lowest BCUT2D eigenvalue weighted by molar-refractivity contribution is 0.0954. The number of carbonyl (C=O) groups excluding carboxylic acids is 1. The Balaban J connectivity index is 1.43. The number of hydrogen-bond donors (Lipinski definition) is 3. The third-order valence-electron chi connectivity index (χ3n) is 6.71. The van der Waals surface area contributed by atoms with Crippen LogP contribution in [0.15, 0.2) is 77.8 Å². The maximum absolute atomic E-state index is 12.7. The molecular formula is C31H39N5O2. The smallest absolute Gasteiger partial charge is 0.251 e. The van der Waals surface area contributed by atoms with E-state index in [1.165, 1.54) is 5.56 Å². The van der Waals surface area contributed by atoms with Gasteiger partial charge in [0.25, 0.3) is 5.91 Å². The van der Waals surface area contributed by atoms with E-state index in [0.717, 1.165) is 54.7 Å². The number of benzene rings is 3. The van der Waals surface area contributed by atoms with Gasteiger partial charge in [-0.15, -0.1) is 0 Å².